The molecule has 1 aromatic carbocycles. The topological polar surface area (TPSA) is 12.0 Å². The molecule has 0 aromatic heterocycles. The van der Waals surface area contributed by atoms with E-state index in [1.165, 1.54) is 30.4 Å². The number of hydrogen-bond donors (Lipinski definition) is 1. The summed E-state index contributed by atoms with van der Waals surface area (Å²) in [4.78, 5) is 0. The zero-order valence-electron chi connectivity index (χ0n) is 10.7. The van der Waals surface area contributed by atoms with Gasteiger partial charge in [-0.1, -0.05) is 45.4 Å². The molecule has 0 amide bonds. The molecule has 88 valence electrons. The largest absolute Gasteiger partial charge is 0.362 e. The third-order valence-electron chi connectivity index (χ3n) is 3.07. The minimum absolute atomic E-state index is 0.663. The lowest BCUT2D eigenvalue weighted by Crippen LogP contribution is -1.96. The van der Waals surface area contributed by atoms with Gasteiger partial charge in [0.15, 0.2) is 0 Å². The molecule has 0 heterocycles. The minimum atomic E-state index is 0.663. The Balaban J connectivity index is 2.75. The first-order valence-electron chi connectivity index (χ1n) is 6.17. The normalized spacial score (nSPS) is 12.2. The Morgan fingerprint density at radius 2 is 2.19 bits per heavy atom. The third-order valence-corrected chi connectivity index (χ3v) is 3.07. The van der Waals surface area contributed by atoms with Crippen LogP contribution in [0.4, 0.5) is 5.69 Å². The lowest BCUT2D eigenvalue weighted by molar-refractivity contribution is 0.624. The van der Waals surface area contributed by atoms with Gasteiger partial charge in [0.1, 0.15) is 0 Å². The van der Waals surface area contributed by atoms with Crippen molar-refractivity contribution < 1.29 is 0 Å². The molecule has 0 saturated carbocycles. The van der Waals surface area contributed by atoms with Crippen molar-refractivity contribution in [1.82, 2.24) is 0 Å². The summed E-state index contributed by atoms with van der Waals surface area (Å²) < 4.78 is 0. The molecule has 0 unspecified atom stereocenters. The predicted molar refractivity (Wildman–Crippen MR) is 72.9 cm³/mol. The monoisotopic (exact) mass is 217 g/mol. The molecule has 0 aliphatic carbocycles. The molecule has 1 N–H and O–H groups in total. The fourth-order valence-corrected chi connectivity index (χ4v) is 1.94. The summed E-state index contributed by atoms with van der Waals surface area (Å²) >= 11 is 0. The van der Waals surface area contributed by atoms with Gasteiger partial charge >= 0.3 is 0 Å². The van der Waals surface area contributed by atoms with E-state index < -0.39 is 0 Å². The number of hydrogen-bond acceptors (Lipinski definition) is 1. The molecule has 0 bridgehead atoms. The van der Waals surface area contributed by atoms with Crippen LogP contribution in [0.3, 0.4) is 0 Å². The van der Waals surface area contributed by atoms with Crippen molar-refractivity contribution in [1.29, 1.82) is 0 Å². The maximum Gasteiger partial charge on any atom is 0.0409 e. The summed E-state index contributed by atoms with van der Waals surface area (Å²) in [5, 5.41) is 3.15. The lowest BCUT2D eigenvalue weighted by Gasteiger charge is -2.14. The molecule has 0 aliphatic heterocycles. The number of aryl methyl sites for hydroxylation is 1. The van der Waals surface area contributed by atoms with Crippen LogP contribution in [0.15, 0.2) is 31.0 Å². The predicted octanol–water partition coefficient (Wildman–Crippen LogP) is 4.84. The zero-order chi connectivity index (χ0) is 12.0. The molecule has 1 rings (SSSR count). The summed E-state index contributed by atoms with van der Waals surface area (Å²) in [6, 6.07) is 6.65. The highest BCUT2D eigenvalue weighted by Crippen LogP contribution is 2.25. The summed E-state index contributed by atoms with van der Waals surface area (Å²) in [7, 11) is 0. The molecule has 1 heteroatoms. The fraction of sp³-hybridized carbons (Fsp3) is 0.467. The zero-order valence-corrected chi connectivity index (χ0v) is 10.7. The van der Waals surface area contributed by atoms with Crippen LogP contribution in [0, 0.1) is 6.92 Å². The summed E-state index contributed by atoms with van der Waals surface area (Å²) in [6.45, 7) is 10.4. The van der Waals surface area contributed by atoms with Crippen LogP contribution in [0.25, 0.3) is 0 Å². The van der Waals surface area contributed by atoms with Crippen LogP contribution >= 0.6 is 0 Å². The standard InChI is InChI=1S/C15H23N/c1-5-7-8-12(3)14-9-10-15(16-6-2)13(4)11-14/h6,9-12,16H,2,5,7-8H2,1,3-4H3/t12-/m1/s1. The Hall–Kier alpha value is -1.24. The van der Waals surface area contributed by atoms with E-state index in [0.717, 1.165) is 5.69 Å². The van der Waals surface area contributed by atoms with E-state index in [1.807, 2.05) is 0 Å². The van der Waals surface area contributed by atoms with Crippen LogP contribution in [-0.4, -0.2) is 0 Å². The van der Waals surface area contributed by atoms with Gasteiger partial charge in [0, 0.05) is 5.69 Å². The van der Waals surface area contributed by atoms with E-state index in [9.17, 15) is 0 Å². The number of anilines is 1. The first-order valence-corrected chi connectivity index (χ1v) is 6.17. The van der Waals surface area contributed by atoms with E-state index in [0.29, 0.717) is 5.92 Å². The molecule has 1 nitrogen and oxygen atoms in total. The van der Waals surface area contributed by atoms with Crippen LogP contribution in [0.1, 0.15) is 50.2 Å². The molecule has 16 heavy (non-hydrogen) atoms. The molecule has 0 radical (unpaired) electrons. The molecular weight excluding hydrogens is 194 g/mol. The average molecular weight is 217 g/mol. The summed E-state index contributed by atoms with van der Waals surface area (Å²) in [6.07, 6.45) is 5.60. The molecular formula is C15H23N. The van der Waals surface area contributed by atoms with Crippen molar-refractivity contribution in [2.24, 2.45) is 0 Å². The van der Waals surface area contributed by atoms with Crippen molar-refractivity contribution in [3.8, 4) is 0 Å². The molecule has 0 aliphatic rings. The van der Waals surface area contributed by atoms with Gasteiger partial charge in [-0.15, -0.1) is 0 Å². The van der Waals surface area contributed by atoms with E-state index in [2.05, 4.69) is 50.9 Å². The first kappa shape index (κ1) is 12.8. The fourth-order valence-electron chi connectivity index (χ4n) is 1.94. The second-order valence-electron chi connectivity index (χ2n) is 4.47. The highest BCUT2D eigenvalue weighted by molar-refractivity contribution is 5.53. The maximum absolute atomic E-state index is 3.68. The number of benzene rings is 1. The second-order valence-corrected chi connectivity index (χ2v) is 4.47. The van der Waals surface area contributed by atoms with Crippen LogP contribution < -0.4 is 5.32 Å². The highest BCUT2D eigenvalue weighted by Gasteiger charge is 2.06. The van der Waals surface area contributed by atoms with Crippen molar-refractivity contribution in [3.63, 3.8) is 0 Å². The summed E-state index contributed by atoms with van der Waals surface area (Å²) in [5.41, 5.74) is 3.89. The SMILES string of the molecule is C=CNc1ccc([C@H](C)CCCC)cc1C. The Morgan fingerprint density at radius 1 is 1.44 bits per heavy atom. The van der Waals surface area contributed by atoms with Gasteiger partial charge in [-0.3, -0.25) is 0 Å². The maximum atomic E-state index is 3.68. The van der Waals surface area contributed by atoms with Gasteiger partial charge in [-0.05, 0) is 42.7 Å². The van der Waals surface area contributed by atoms with Crippen molar-refractivity contribution in [3.05, 3.63) is 42.1 Å². The van der Waals surface area contributed by atoms with E-state index in [4.69, 9.17) is 0 Å². The smallest absolute Gasteiger partial charge is 0.0409 e. The van der Waals surface area contributed by atoms with Gasteiger partial charge in [0.05, 0.1) is 0 Å². The van der Waals surface area contributed by atoms with Crippen molar-refractivity contribution >= 4 is 5.69 Å². The number of rotatable bonds is 6. The van der Waals surface area contributed by atoms with E-state index in [1.54, 1.807) is 6.20 Å². The number of nitrogens with one attached hydrogen (secondary N) is 1. The Labute approximate surface area is 99.6 Å². The lowest BCUT2D eigenvalue weighted by atomic mass is 9.94. The Kier molecular flexibility index (Phi) is 5.10. The molecule has 1 aromatic rings. The van der Waals surface area contributed by atoms with Gasteiger partial charge in [0.25, 0.3) is 0 Å². The molecule has 0 spiro atoms. The summed E-state index contributed by atoms with van der Waals surface area (Å²) in [5.74, 6) is 0.663. The van der Waals surface area contributed by atoms with Crippen molar-refractivity contribution in [2.75, 3.05) is 5.32 Å². The third kappa shape index (κ3) is 3.41. The van der Waals surface area contributed by atoms with Gasteiger partial charge in [-0.2, -0.15) is 0 Å². The van der Waals surface area contributed by atoms with Gasteiger partial charge in [0.2, 0.25) is 0 Å². The van der Waals surface area contributed by atoms with Gasteiger partial charge in [-0.25, -0.2) is 0 Å². The molecule has 0 saturated heterocycles. The molecule has 0 fully saturated rings. The van der Waals surface area contributed by atoms with E-state index >= 15 is 0 Å². The second kappa shape index (κ2) is 6.37. The van der Waals surface area contributed by atoms with E-state index in [-0.39, 0.29) is 0 Å². The Bertz CT molecular complexity index is 341. The quantitative estimate of drug-likeness (QED) is 0.718. The average Bonchev–Trinajstić information content (AvgIpc) is 2.29. The van der Waals surface area contributed by atoms with Crippen LogP contribution in [0.5, 0.6) is 0 Å². The highest BCUT2D eigenvalue weighted by atomic mass is 14.8. The molecule has 1 atom stereocenters. The number of unbranched alkanes of at least 4 members (excludes halogenated alkanes) is 1. The van der Waals surface area contributed by atoms with Gasteiger partial charge < -0.3 is 5.32 Å². The van der Waals surface area contributed by atoms with Crippen LogP contribution in [0.2, 0.25) is 0 Å². The first-order chi connectivity index (χ1) is 7.69. The van der Waals surface area contributed by atoms with Crippen molar-refractivity contribution in [2.45, 2.75) is 46.0 Å². The van der Waals surface area contributed by atoms with Crippen LogP contribution in [-0.2, 0) is 0 Å². The minimum Gasteiger partial charge on any atom is -0.362 e. The Morgan fingerprint density at radius 3 is 2.75 bits per heavy atom.